The van der Waals surface area contributed by atoms with Crippen LogP contribution >= 0.6 is 0 Å². The number of aromatic amines is 1. The van der Waals surface area contributed by atoms with Crippen LogP contribution in [0, 0.1) is 6.92 Å². The van der Waals surface area contributed by atoms with E-state index in [2.05, 4.69) is 32.4 Å². The van der Waals surface area contributed by atoms with Crippen LogP contribution in [-0.4, -0.2) is 53.9 Å². The van der Waals surface area contributed by atoms with Crippen molar-refractivity contribution < 1.29 is 9.59 Å². The second-order valence-corrected chi connectivity index (χ2v) is 10.7. The summed E-state index contributed by atoms with van der Waals surface area (Å²) < 4.78 is 0. The van der Waals surface area contributed by atoms with E-state index in [0.29, 0.717) is 29.2 Å². The van der Waals surface area contributed by atoms with E-state index in [0.717, 1.165) is 35.3 Å². The van der Waals surface area contributed by atoms with Crippen molar-refractivity contribution >= 4 is 34.7 Å². The molecule has 4 aromatic rings. The Morgan fingerprint density at radius 2 is 1.67 bits per heavy atom. The number of nitrogens with zero attached hydrogens (tertiary/aromatic N) is 3. The fraction of sp³-hybridized carbons (Fsp3) is 0.294. The van der Waals surface area contributed by atoms with Gasteiger partial charge in [0.25, 0.3) is 11.5 Å². The third-order valence-corrected chi connectivity index (χ3v) is 7.67. The van der Waals surface area contributed by atoms with Gasteiger partial charge in [0, 0.05) is 61.6 Å². The highest BCUT2D eigenvalue weighted by molar-refractivity contribution is 6.05. The summed E-state index contributed by atoms with van der Waals surface area (Å²) in [7, 11) is 3.82. The number of H-pyrrole nitrogens is 1. The standard InChI is InChI=1S/C34H40N6O3/c1-7-20-40(6)34(43)22(3)24-12-16-26(17-13-24)36-31-33(42)35-21-30(37-31)28-10-9-11-29(23(28)4)38-32(41)25-14-18-27(19-15-25)39(5)8-2/h9-19,21-22H,7-8,20H2,1-6H3,(H,35,42)(H,36,37)(H,38,41). The largest absolute Gasteiger partial charge is 0.375 e. The molecule has 0 aliphatic rings. The van der Waals surface area contributed by atoms with Crippen molar-refractivity contribution in [3.05, 3.63) is 100.0 Å². The molecule has 43 heavy (non-hydrogen) atoms. The molecule has 9 nitrogen and oxygen atoms in total. The number of rotatable bonds is 11. The van der Waals surface area contributed by atoms with Crippen molar-refractivity contribution in [2.75, 3.05) is 42.7 Å². The molecule has 0 radical (unpaired) electrons. The molecule has 0 aliphatic heterocycles. The Hall–Kier alpha value is -4.92. The van der Waals surface area contributed by atoms with Gasteiger partial charge in [-0.05, 0) is 80.8 Å². The molecule has 0 spiro atoms. The number of benzene rings is 3. The van der Waals surface area contributed by atoms with Crippen LogP contribution in [0.4, 0.5) is 22.9 Å². The molecule has 3 aromatic carbocycles. The van der Waals surface area contributed by atoms with Gasteiger partial charge in [0.1, 0.15) is 0 Å². The molecule has 0 saturated heterocycles. The predicted molar refractivity (Wildman–Crippen MR) is 174 cm³/mol. The number of aromatic nitrogens is 2. The average molecular weight is 581 g/mol. The minimum absolute atomic E-state index is 0.0693. The molecule has 3 N–H and O–H groups in total. The van der Waals surface area contributed by atoms with Gasteiger partial charge in [0.05, 0.1) is 11.6 Å². The van der Waals surface area contributed by atoms with Gasteiger partial charge >= 0.3 is 0 Å². The maximum atomic E-state index is 13.0. The highest BCUT2D eigenvalue weighted by atomic mass is 16.2. The first kappa shape index (κ1) is 31.0. The van der Waals surface area contributed by atoms with Crippen molar-refractivity contribution in [1.82, 2.24) is 14.9 Å². The highest BCUT2D eigenvalue weighted by Gasteiger charge is 2.19. The number of anilines is 4. The highest BCUT2D eigenvalue weighted by Crippen LogP contribution is 2.28. The zero-order valence-corrected chi connectivity index (χ0v) is 25.7. The zero-order chi connectivity index (χ0) is 31.1. The van der Waals surface area contributed by atoms with Crippen LogP contribution < -0.4 is 21.1 Å². The minimum Gasteiger partial charge on any atom is -0.375 e. The van der Waals surface area contributed by atoms with E-state index in [9.17, 15) is 14.4 Å². The Balaban J connectivity index is 1.51. The van der Waals surface area contributed by atoms with E-state index in [1.807, 2.05) is 102 Å². The van der Waals surface area contributed by atoms with Crippen molar-refractivity contribution in [3.8, 4) is 11.3 Å². The van der Waals surface area contributed by atoms with Crippen LogP contribution in [0.2, 0.25) is 0 Å². The molecule has 1 atom stereocenters. The van der Waals surface area contributed by atoms with Gasteiger partial charge in [0.15, 0.2) is 5.82 Å². The van der Waals surface area contributed by atoms with E-state index in [1.165, 1.54) is 0 Å². The summed E-state index contributed by atoms with van der Waals surface area (Å²) in [6, 6.07) is 20.5. The van der Waals surface area contributed by atoms with Gasteiger partial charge in [-0.15, -0.1) is 0 Å². The predicted octanol–water partition coefficient (Wildman–Crippen LogP) is 6.17. The van der Waals surface area contributed by atoms with Crippen molar-refractivity contribution in [2.24, 2.45) is 0 Å². The average Bonchev–Trinajstić information content (AvgIpc) is 3.02. The van der Waals surface area contributed by atoms with E-state index < -0.39 is 0 Å². The zero-order valence-electron chi connectivity index (χ0n) is 25.7. The third kappa shape index (κ3) is 7.30. The number of hydrogen-bond donors (Lipinski definition) is 3. The molecule has 9 heteroatoms. The van der Waals surface area contributed by atoms with Gasteiger partial charge in [-0.3, -0.25) is 14.4 Å². The van der Waals surface area contributed by atoms with Crippen molar-refractivity contribution in [2.45, 2.75) is 40.0 Å². The lowest BCUT2D eigenvalue weighted by Gasteiger charge is -2.21. The van der Waals surface area contributed by atoms with E-state index in [1.54, 1.807) is 11.1 Å². The maximum absolute atomic E-state index is 13.0. The molecule has 0 fully saturated rings. The fourth-order valence-electron chi connectivity index (χ4n) is 4.83. The smallest absolute Gasteiger partial charge is 0.291 e. The Kier molecular flexibility index (Phi) is 9.98. The number of carbonyl (C=O) groups is 2. The number of nitrogens with one attached hydrogen (secondary N) is 3. The fourth-order valence-corrected chi connectivity index (χ4v) is 4.83. The molecule has 1 aromatic heterocycles. The first-order chi connectivity index (χ1) is 20.6. The Morgan fingerprint density at radius 3 is 2.33 bits per heavy atom. The lowest BCUT2D eigenvalue weighted by molar-refractivity contribution is -0.131. The maximum Gasteiger partial charge on any atom is 0.291 e. The molecule has 2 amide bonds. The van der Waals surface area contributed by atoms with Crippen LogP contribution in [0.5, 0.6) is 0 Å². The number of carbonyl (C=O) groups excluding carboxylic acids is 2. The van der Waals surface area contributed by atoms with Gasteiger partial charge in [-0.25, -0.2) is 4.98 Å². The van der Waals surface area contributed by atoms with Gasteiger partial charge < -0.3 is 25.4 Å². The summed E-state index contributed by atoms with van der Waals surface area (Å²) in [5.41, 5.74) is 5.61. The summed E-state index contributed by atoms with van der Waals surface area (Å²) in [5.74, 6) is -0.268. The summed E-state index contributed by atoms with van der Waals surface area (Å²) in [6.07, 6.45) is 2.47. The first-order valence-electron chi connectivity index (χ1n) is 14.6. The molecule has 4 rings (SSSR count). The lowest BCUT2D eigenvalue weighted by Crippen LogP contribution is -2.31. The SMILES string of the molecule is CCCN(C)C(=O)C(C)c1ccc(Nc2nc(-c3cccc(NC(=O)c4ccc(N(C)CC)cc4)c3C)c[nH]c2=O)cc1. The van der Waals surface area contributed by atoms with Crippen LogP contribution in [-0.2, 0) is 4.79 Å². The molecule has 224 valence electrons. The third-order valence-electron chi connectivity index (χ3n) is 7.67. The Labute approximate surface area is 253 Å². The second-order valence-electron chi connectivity index (χ2n) is 10.7. The first-order valence-corrected chi connectivity index (χ1v) is 14.6. The minimum atomic E-state index is -0.364. The van der Waals surface area contributed by atoms with E-state index in [4.69, 9.17) is 0 Å². The van der Waals surface area contributed by atoms with Gasteiger partial charge in [-0.2, -0.15) is 0 Å². The molecule has 0 aliphatic carbocycles. The Bertz CT molecular complexity index is 1630. The summed E-state index contributed by atoms with van der Waals surface area (Å²) in [5, 5.41) is 6.11. The Morgan fingerprint density at radius 1 is 0.977 bits per heavy atom. The van der Waals surface area contributed by atoms with Gasteiger partial charge in [0.2, 0.25) is 5.91 Å². The van der Waals surface area contributed by atoms with Crippen molar-refractivity contribution in [3.63, 3.8) is 0 Å². The summed E-state index contributed by atoms with van der Waals surface area (Å²) >= 11 is 0. The monoisotopic (exact) mass is 580 g/mol. The van der Waals surface area contributed by atoms with Crippen LogP contribution in [0.1, 0.15) is 54.6 Å². The van der Waals surface area contributed by atoms with Crippen LogP contribution in [0.15, 0.2) is 77.7 Å². The molecular weight excluding hydrogens is 540 g/mol. The second kappa shape index (κ2) is 13.8. The van der Waals surface area contributed by atoms with E-state index in [-0.39, 0.29) is 29.1 Å². The molecule has 1 heterocycles. The number of likely N-dealkylation sites (N-methyl/N-ethyl adjacent to an activating group) is 1. The topological polar surface area (TPSA) is 110 Å². The number of hydrogen-bond acceptors (Lipinski definition) is 6. The molecular formula is C34H40N6O3. The van der Waals surface area contributed by atoms with Crippen LogP contribution in [0.3, 0.4) is 0 Å². The van der Waals surface area contributed by atoms with Crippen LogP contribution in [0.25, 0.3) is 11.3 Å². The quantitative estimate of drug-likeness (QED) is 0.196. The summed E-state index contributed by atoms with van der Waals surface area (Å²) in [4.78, 5) is 49.6. The van der Waals surface area contributed by atoms with Crippen molar-refractivity contribution in [1.29, 1.82) is 0 Å². The molecule has 0 bridgehead atoms. The number of amides is 2. The lowest BCUT2D eigenvalue weighted by atomic mass is 9.99. The van der Waals surface area contributed by atoms with Gasteiger partial charge in [-0.1, -0.05) is 31.2 Å². The molecule has 1 unspecified atom stereocenters. The normalized spacial score (nSPS) is 11.5. The summed E-state index contributed by atoms with van der Waals surface area (Å²) in [6.45, 7) is 9.51. The van der Waals surface area contributed by atoms with E-state index >= 15 is 0 Å². The molecule has 0 saturated carbocycles.